The van der Waals surface area contributed by atoms with Crippen molar-refractivity contribution in [2.45, 2.75) is 45.3 Å². The largest absolute Gasteiger partial charge is 0.316 e. The maximum absolute atomic E-state index is 12.2. The van der Waals surface area contributed by atoms with Gasteiger partial charge < -0.3 is 5.32 Å². The van der Waals surface area contributed by atoms with Crippen LogP contribution in [-0.4, -0.2) is 31.7 Å². The summed E-state index contributed by atoms with van der Waals surface area (Å²) in [6.07, 6.45) is 0. The fourth-order valence-corrected chi connectivity index (χ4v) is 3.06. The number of aromatic nitrogens is 2. The molecule has 6 nitrogen and oxygen atoms in total. The number of aryl methyl sites for hydroxylation is 1. The summed E-state index contributed by atoms with van der Waals surface area (Å²) in [7, 11) is -1.80. The third-order valence-electron chi connectivity index (χ3n) is 2.99. The zero-order chi connectivity index (χ0) is 13.9. The lowest BCUT2D eigenvalue weighted by molar-refractivity contribution is 0.475. The van der Waals surface area contributed by atoms with E-state index in [1.807, 2.05) is 27.7 Å². The van der Waals surface area contributed by atoms with Crippen molar-refractivity contribution < 1.29 is 8.42 Å². The summed E-state index contributed by atoms with van der Waals surface area (Å²) in [4.78, 5) is 0. The number of hydrogen-bond donors (Lipinski definition) is 3. The standard InChI is InChI=1S/C11H22N4O2S/c1-7(2)8(3)15-18(16,17)11-10(6-12-5)9(4)13-14-11/h7-8,12,15H,6H2,1-5H3,(H,13,14). The van der Waals surface area contributed by atoms with Gasteiger partial charge >= 0.3 is 0 Å². The van der Waals surface area contributed by atoms with Crippen molar-refractivity contribution in [2.75, 3.05) is 7.05 Å². The van der Waals surface area contributed by atoms with Gasteiger partial charge in [0.1, 0.15) is 0 Å². The Kier molecular flexibility index (Phi) is 4.89. The quantitative estimate of drug-likeness (QED) is 0.715. The Bertz CT molecular complexity index is 493. The fourth-order valence-electron chi connectivity index (χ4n) is 1.47. The molecule has 3 N–H and O–H groups in total. The van der Waals surface area contributed by atoms with E-state index in [9.17, 15) is 8.42 Å². The Morgan fingerprint density at radius 3 is 2.44 bits per heavy atom. The first-order chi connectivity index (χ1) is 8.29. The van der Waals surface area contributed by atoms with Gasteiger partial charge in [-0.3, -0.25) is 5.10 Å². The van der Waals surface area contributed by atoms with Gasteiger partial charge in [0.05, 0.1) is 0 Å². The van der Waals surface area contributed by atoms with Crippen LogP contribution in [0.1, 0.15) is 32.0 Å². The van der Waals surface area contributed by atoms with Crippen molar-refractivity contribution in [1.82, 2.24) is 20.2 Å². The summed E-state index contributed by atoms with van der Waals surface area (Å²) >= 11 is 0. The van der Waals surface area contributed by atoms with Gasteiger partial charge in [-0.05, 0) is 26.8 Å². The number of aromatic amines is 1. The van der Waals surface area contributed by atoms with E-state index in [1.165, 1.54) is 0 Å². The smallest absolute Gasteiger partial charge is 0.260 e. The highest BCUT2D eigenvalue weighted by atomic mass is 32.2. The van der Waals surface area contributed by atoms with Crippen LogP contribution in [0.2, 0.25) is 0 Å². The predicted octanol–water partition coefficient (Wildman–Crippen LogP) is 0.760. The molecule has 0 aromatic carbocycles. The molecule has 0 aliphatic rings. The number of H-pyrrole nitrogens is 1. The van der Waals surface area contributed by atoms with Crippen LogP contribution in [0.25, 0.3) is 0 Å². The average molecular weight is 274 g/mol. The Morgan fingerprint density at radius 1 is 1.33 bits per heavy atom. The second kappa shape index (κ2) is 5.81. The Hall–Kier alpha value is -0.920. The van der Waals surface area contributed by atoms with Crippen molar-refractivity contribution in [3.63, 3.8) is 0 Å². The molecule has 0 amide bonds. The van der Waals surface area contributed by atoms with E-state index in [-0.39, 0.29) is 17.0 Å². The number of rotatable bonds is 6. The molecule has 1 atom stereocenters. The minimum Gasteiger partial charge on any atom is -0.316 e. The molecule has 1 unspecified atom stereocenters. The first-order valence-corrected chi connectivity index (χ1v) is 7.48. The van der Waals surface area contributed by atoms with Crippen molar-refractivity contribution >= 4 is 10.0 Å². The lowest BCUT2D eigenvalue weighted by Gasteiger charge is -2.17. The maximum Gasteiger partial charge on any atom is 0.260 e. The van der Waals surface area contributed by atoms with E-state index in [0.29, 0.717) is 12.1 Å². The van der Waals surface area contributed by atoms with Gasteiger partial charge in [-0.1, -0.05) is 13.8 Å². The van der Waals surface area contributed by atoms with Crippen LogP contribution in [-0.2, 0) is 16.6 Å². The number of nitrogens with one attached hydrogen (secondary N) is 3. The van der Waals surface area contributed by atoms with Gasteiger partial charge in [-0.15, -0.1) is 0 Å². The second-order valence-electron chi connectivity index (χ2n) is 4.82. The topological polar surface area (TPSA) is 86.9 Å². The van der Waals surface area contributed by atoms with Crippen molar-refractivity contribution in [1.29, 1.82) is 0 Å². The molecule has 1 aromatic rings. The van der Waals surface area contributed by atoms with Crippen LogP contribution in [0, 0.1) is 12.8 Å². The molecule has 0 bridgehead atoms. The molecule has 0 aliphatic heterocycles. The van der Waals surface area contributed by atoms with Crippen LogP contribution in [0.4, 0.5) is 0 Å². The van der Waals surface area contributed by atoms with Gasteiger partial charge in [0, 0.05) is 23.8 Å². The van der Waals surface area contributed by atoms with E-state index in [0.717, 1.165) is 5.69 Å². The minimum absolute atomic E-state index is 0.0850. The molecule has 0 radical (unpaired) electrons. The third kappa shape index (κ3) is 3.30. The molecule has 1 aromatic heterocycles. The van der Waals surface area contributed by atoms with Crippen LogP contribution >= 0.6 is 0 Å². The number of hydrogen-bond acceptors (Lipinski definition) is 4. The Labute approximate surface area is 109 Å². The lowest BCUT2D eigenvalue weighted by atomic mass is 10.1. The molecule has 0 saturated heterocycles. The fraction of sp³-hybridized carbons (Fsp3) is 0.727. The maximum atomic E-state index is 12.2. The third-order valence-corrected chi connectivity index (χ3v) is 4.51. The highest BCUT2D eigenvalue weighted by molar-refractivity contribution is 7.89. The molecule has 18 heavy (non-hydrogen) atoms. The SMILES string of the molecule is CNCc1c(S(=O)(=O)NC(C)C(C)C)n[nH]c1C. The second-order valence-corrected chi connectivity index (χ2v) is 6.45. The molecule has 7 heteroatoms. The van der Waals surface area contributed by atoms with Crippen LogP contribution in [0.3, 0.4) is 0 Å². The van der Waals surface area contributed by atoms with Crippen LogP contribution < -0.4 is 10.0 Å². The first kappa shape index (κ1) is 15.1. The number of nitrogens with zero attached hydrogens (tertiary/aromatic N) is 1. The first-order valence-electron chi connectivity index (χ1n) is 6.00. The average Bonchev–Trinajstić information content (AvgIpc) is 2.61. The molecule has 104 valence electrons. The monoisotopic (exact) mass is 274 g/mol. The van der Waals surface area contributed by atoms with Gasteiger partial charge in [0.15, 0.2) is 5.03 Å². The Balaban J connectivity index is 3.05. The zero-order valence-corrected chi connectivity index (χ0v) is 12.4. The molecule has 0 saturated carbocycles. The summed E-state index contributed by atoms with van der Waals surface area (Å²) in [5.74, 6) is 0.229. The lowest BCUT2D eigenvalue weighted by Crippen LogP contribution is -2.36. The molecular weight excluding hydrogens is 252 g/mol. The van der Waals surface area contributed by atoms with Crippen molar-refractivity contribution in [2.24, 2.45) is 5.92 Å². The summed E-state index contributed by atoms with van der Waals surface area (Å²) in [5.41, 5.74) is 1.45. The molecule has 0 fully saturated rings. The predicted molar refractivity (Wildman–Crippen MR) is 70.7 cm³/mol. The highest BCUT2D eigenvalue weighted by Gasteiger charge is 2.25. The van der Waals surface area contributed by atoms with E-state index < -0.39 is 10.0 Å². The van der Waals surface area contributed by atoms with Crippen molar-refractivity contribution in [3.05, 3.63) is 11.3 Å². The van der Waals surface area contributed by atoms with Crippen LogP contribution in [0.5, 0.6) is 0 Å². The normalized spacial score (nSPS) is 14.1. The van der Waals surface area contributed by atoms with E-state index in [4.69, 9.17) is 0 Å². The van der Waals surface area contributed by atoms with Gasteiger partial charge in [0.2, 0.25) is 0 Å². The van der Waals surface area contributed by atoms with Gasteiger partial charge in [0.25, 0.3) is 10.0 Å². The highest BCUT2D eigenvalue weighted by Crippen LogP contribution is 2.17. The molecule has 1 heterocycles. The molecular formula is C11H22N4O2S. The zero-order valence-electron chi connectivity index (χ0n) is 11.5. The van der Waals surface area contributed by atoms with Gasteiger partial charge in [-0.25, -0.2) is 13.1 Å². The summed E-state index contributed by atoms with van der Waals surface area (Å²) < 4.78 is 27.1. The summed E-state index contributed by atoms with van der Waals surface area (Å²) in [6, 6.07) is -0.130. The molecule has 0 spiro atoms. The minimum atomic E-state index is -3.57. The molecule has 0 aliphatic carbocycles. The van der Waals surface area contributed by atoms with E-state index >= 15 is 0 Å². The van der Waals surface area contributed by atoms with Gasteiger partial charge in [-0.2, -0.15) is 5.10 Å². The van der Waals surface area contributed by atoms with E-state index in [2.05, 4.69) is 20.2 Å². The van der Waals surface area contributed by atoms with Crippen molar-refractivity contribution in [3.8, 4) is 0 Å². The molecule has 1 rings (SSSR count). The van der Waals surface area contributed by atoms with Crippen LogP contribution in [0.15, 0.2) is 5.03 Å². The number of sulfonamides is 1. The Morgan fingerprint density at radius 2 is 1.94 bits per heavy atom. The summed E-state index contributed by atoms with van der Waals surface area (Å²) in [5, 5.41) is 9.66. The van der Waals surface area contributed by atoms with E-state index in [1.54, 1.807) is 7.05 Å². The summed E-state index contributed by atoms with van der Waals surface area (Å²) in [6.45, 7) is 8.06.